The summed E-state index contributed by atoms with van der Waals surface area (Å²) in [5, 5.41) is 12.9. The van der Waals surface area contributed by atoms with Crippen LogP contribution < -0.4 is 5.32 Å². The van der Waals surface area contributed by atoms with Gasteiger partial charge in [-0.25, -0.2) is 4.98 Å². The Hall–Kier alpha value is -1.07. The number of hydrogen-bond donors (Lipinski definition) is 2. The van der Waals surface area contributed by atoms with Gasteiger partial charge in [0.1, 0.15) is 5.03 Å². The molecule has 0 spiro atoms. The van der Waals surface area contributed by atoms with Gasteiger partial charge < -0.3 is 10.4 Å². The molecule has 2 N–H and O–H groups in total. The Morgan fingerprint density at radius 1 is 1.65 bits per heavy atom. The highest BCUT2D eigenvalue weighted by atomic mass is 32.2. The Bertz CT molecular complexity index is 371. The Kier molecular flexibility index (Phi) is 6.00. The number of aliphatic hydroxyl groups excluding tert-OH is 1. The fourth-order valence-electron chi connectivity index (χ4n) is 1.38. The van der Waals surface area contributed by atoms with E-state index in [0.717, 1.165) is 5.03 Å². The van der Waals surface area contributed by atoms with Gasteiger partial charge in [-0.15, -0.1) is 11.8 Å². The third kappa shape index (κ3) is 4.36. The number of thioether (sulfide) groups is 1. The lowest BCUT2D eigenvalue weighted by Gasteiger charge is -2.10. The van der Waals surface area contributed by atoms with Gasteiger partial charge in [0, 0.05) is 12.7 Å². The smallest absolute Gasteiger partial charge is 0.254 e. The van der Waals surface area contributed by atoms with Gasteiger partial charge in [-0.05, 0) is 31.2 Å². The first-order valence-corrected chi connectivity index (χ1v) is 6.86. The van der Waals surface area contributed by atoms with Crippen molar-refractivity contribution in [1.29, 1.82) is 0 Å². The van der Waals surface area contributed by atoms with Crippen LogP contribution in [-0.4, -0.2) is 34.9 Å². The molecule has 0 aliphatic heterocycles. The van der Waals surface area contributed by atoms with Gasteiger partial charge in [-0.2, -0.15) is 0 Å². The van der Waals surface area contributed by atoms with E-state index >= 15 is 0 Å². The van der Waals surface area contributed by atoms with E-state index in [2.05, 4.69) is 10.3 Å². The number of pyridine rings is 1. The van der Waals surface area contributed by atoms with Crippen LogP contribution in [0, 0.1) is 0 Å². The molecule has 1 unspecified atom stereocenters. The fourth-order valence-corrected chi connectivity index (χ4v) is 1.92. The number of nitrogens with one attached hydrogen (secondary N) is 1. The lowest BCUT2D eigenvalue weighted by atomic mass is 10.2. The van der Waals surface area contributed by atoms with Crippen molar-refractivity contribution >= 4 is 17.7 Å². The van der Waals surface area contributed by atoms with Gasteiger partial charge >= 0.3 is 0 Å². The SMILES string of the molecule is CCC(O)CCNC(=O)c1cccnc1SC. The summed E-state index contributed by atoms with van der Waals surface area (Å²) >= 11 is 1.45. The molecule has 0 bridgehead atoms. The first kappa shape index (κ1) is 14.0. The van der Waals surface area contributed by atoms with E-state index in [1.807, 2.05) is 13.2 Å². The van der Waals surface area contributed by atoms with Crippen LogP contribution in [0.2, 0.25) is 0 Å². The van der Waals surface area contributed by atoms with E-state index in [0.29, 0.717) is 24.9 Å². The zero-order chi connectivity index (χ0) is 12.7. The van der Waals surface area contributed by atoms with E-state index < -0.39 is 0 Å². The molecule has 0 aliphatic rings. The minimum absolute atomic E-state index is 0.134. The second-order valence-electron chi connectivity index (χ2n) is 3.67. The molecule has 1 heterocycles. The van der Waals surface area contributed by atoms with Crippen LogP contribution in [0.5, 0.6) is 0 Å². The van der Waals surface area contributed by atoms with Crippen LogP contribution in [-0.2, 0) is 0 Å². The molecule has 1 amide bonds. The molecule has 94 valence electrons. The molecule has 17 heavy (non-hydrogen) atoms. The van der Waals surface area contributed by atoms with Crippen molar-refractivity contribution in [2.75, 3.05) is 12.8 Å². The fraction of sp³-hybridized carbons (Fsp3) is 0.500. The van der Waals surface area contributed by atoms with Crippen LogP contribution in [0.1, 0.15) is 30.1 Å². The van der Waals surface area contributed by atoms with E-state index in [9.17, 15) is 9.90 Å². The normalized spacial score (nSPS) is 12.2. The number of rotatable bonds is 6. The molecule has 1 aromatic rings. The summed E-state index contributed by atoms with van der Waals surface area (Å²) in [6, 6.07) is 3.50. The molecule has 4 nitrogen and oxygen atoms in total. The lowest BCUT2D eigenvalue weighted by molar-refractivity contribution is 0.0938. The second-order valence-corrected chi connectivity index (χ2v) is 4.46. The number of nitrogens with zero attached hydrogens (tertiary/aromatic N) is 1. The molecule has 0 radical (unpaired) electrons. The molecule has 1 rings (SSSR count). The number of carbonyl (C=O) groups excluding carboxylic acids is 1. The Morgan fingerprint density at radius 2 is 2.41 bits per heavy atom. The average molecular weight is 254 g/mol. The highest BCUT2D eigenvalue weighted by molar-refractivity contribution is 7.98. The summed E-state index contributed by atoms with van der Waals surface area (Å²) in [6.45, 7) is 2.40. The molecule has 0 aliphatic carbocycles. The predicted octanol–water partition coefficient (Wildman–Crippen LogP) is 1.69. The molecule has 0 fully saturated rings. The van der Waals surface area contributed by atoms with Crippen LogP contribution in [0.25, 0.3) is 0 Å². The first-order chi connectivity index (χ1) is 8.19. The minimum Gasteiger partial charge on any atom is -0.393 e. The quantitative estimate of drug-likeness (QED) is 0.758. The third-order valence-electron chi connectivity index (χ3n) is 2.44. The monoisotopic (exact) mass is 254 g/mol. The zero-order valence-electron chi connectivity index (χ0n) is 10.1. The number of hydrogen-bond acceptors (Lipinski definition) is 4. The van der Waals surface area contributed by atoms with E-state index in [1.54, 1.807) is 18.3 Å². The van der Waals surface area contributed by atoms with Crippen molar-refractivity contribution in [3.8, 4) is 0 Å². The van der Waals surface area contributed by atoms with Crippen molar-refractivity contribution < 1.29 is 9.90 Å². The van der Waals surface area contributed by atoms with E-state index in [1.165, 1.54) is 11.8 Å². The molecular formula is C12H18N2O2S. The van der Waals surface area contributed by atoms with Crippen molar-refractivity contribution in [1.82, 2.24) is 10.3 Å². The number of amides is 1. The second kappa shape index (κ2) is 7.29. The molecule has 0 aromatic carbocycles. The third-order valence-corrected chi connectivity index (χ3v) is 3.16. The Morgan fingerprint density at radius 3 is 3.06 bits per heavy atom. The molecule has 1 atom stereocenters. The topological polar surface area (TPSA) is 62.2 Å². The van der Waals surface area contributed by atoms with Gasteiger partial charge in [-0.1, -0.05) is 6.92 Å². The van der Waals surface area contributed by atoms with Crippen molar-refractivity contribution in [2.45, 2.75) is 30.9 Å². The van der Waals surface area contributed by atoms with Crippen molar-refractivity contribution in [3.63, 3.8) is 0 Å². The van der Waals surface area contributed by atoms with Gasteiger partial charge in [0.05, 0.1) is 11.7 Å². The summed E-state index contributed by atoms with van der Waals surface area (Å²) in [6.07, 6.45) is 4.50. The van der Waals surface area contributed by atoms with Crippen molar-refractivity contribution in [3.05, 3.63) is 23.9 Å². The van der Waals surface area contributed by atoms with E-state index in [-0.39, 0.29) is 12.0 Å². The van der Waals surface area contributed by atoms with Gasteiger partial charge in [0.15, 0.2) is 0 Å². The van der Waals surface area contributed by atoms with Gasteiger partial charge in [-0.3, -0.25) is 4.79 Å². The highest BCUT2D eigenvalue weighted by Gasteiger charge is 2.11. The minimum atomic E-state index is -0.343. The van der Waals surface area contributed by atoms with Crippen LogP contribution in [0.3, 0.4) is 0 Å². The number of aromatic nitrogens is 1. The highest BCUT2D eigenvalue weighted by Crippen LogP contribution is 2.16. The summed E-state index contributed by atoms with van der Waals surface area (Å²) in [4.78, 5) is 16.0. The Balaban J connectivity index is 2.52. The standard InChI is InChI=1S/C12H18N2O2S/c1-3-9(15)6-8-13-11(16)10-5-4-7-14-12(10)17-2/h4-5,7,9,15H,3,6,8H2,1-2H3,(H,13,16). The number of aliphatic hydroxyl groups is 1. The summed E-state index contributed by atoms with van der Waals surface area (Å²) in [5.74, 6) is -0.134. The molecule has 0 saturated carbocycles. The maximum Gasteiger partial charge on any atom is 0.254 e. The van der Waals surface area contributed by atoms with Crippen LogP contribution >= 0.6 is 11.8 Å². The summed E-state index contributed by atoms with van der Waals surface area (Å²) < 4.78 is 0. The van der Waals surface area contributed by atoms with Gasteiger partial charge in [0.2, 0.25) is 0 Å². The van der Waals surface area contributed by atoms with Crippen molar-refractivity contribution in [2.24, 2.45) is 0 Å². The van der Waals surface area contributed by atoms with E-state index in [4.69, 9.17) is 0 Å². The number of carbonyl (C=O) groups is 1. The molecule has 0 saturated heterocycles. The largest absolute Gasteiger partial charge is 0.393 e. The maximum absolute atomic E-state index is 11.8. The lowest BCUT2D eigenvalue weighted by Crippen LogP contribution is -2.27. The zero-order valence-corrected chi connectivity index (χ0v) is 11.0. The summed E-state index contributed by atoms with van der Waals surface area (Å²) in [7, 11) is 0. The molecular weight excluding hydrogens is 236 g/mol. The van der Waals surface area contributed by atoms with Crippen LogP contribution in [0.4, 0.5) is 0 Å². The predicted molar refractivity (Wildman–Crippen MR) is 69.3 cm³/mol. The molecule has 5 heteroatoms. The first-order valence-electron chi connectivity index (χ1n) is 5.64. The average Bonchev–Trinajstić information content (AvgIpc) is 2.38. The maximum atomic E-state index is 11.8. The van der Waals surface area contributed by atoms with Gasteiger partial charge in [0.25, 0.3) is 5.91 Å². The van der Waals surface area contributed by atoms with Crippen LogP contribution in [0.15, 0.2) is 23.4 Å². The summed E-state index contributed by atoms with van der Waals surface area (Å²) in [5.41, 5.74) is 0.589. The Labute approximate surface area is 106 Å². The molecule has 1 aromatic heterocycles.